The van der Waals surface area contributed by atoms with Crippen molar-refractivity contribution in [3.05, 3.63) is 52.4 Å². The number of ether oxygens (including phenoxy) is 1. The van der Waals surface area contributed by atoms with Crippen LogP contribution in [0.25, 0.3) is 0 Å². The van der Waals surface area contributed by atoms with E-state index in [0.29, 0.717) is 0 Å². The van der Waals surface area contributed by atoms with Crippen LogP contribution in [0.2, 0.25) is 0 Å². The first-order valence-corrected chi connectivity index (χ1v) is 7.68. The molecule has 1 heterocycles. The molecule has 0 spiro atoms. The van der Waals surface area contributed by atoms with E-state index in [2.05, 4.69) is 41.2 Å². The molecule has 0 aliphatic carbocycles. The Balaban J connectivity index is 2.02. The van der Waals surface area contributed by atoms with Crippen molar-refractivity contribution in [3.63, 3.8) is 0 Å². The summed E-state index contributed by atoms with van der Waals surface area (Å²) in [5, 5.41) is 3.45. The number of nitrogens with one attached hydrogen (secondary N) is 1. The predicted molar refractivity (Wildman–Crippen MR) is 83.9 cm³/mol. The molecule has 2 rings (SSSR count). The lowest BCUT2D eigenvalue weighted by atomic mass is 10.1. The largest absolute Gasteiger partial charge is 0.493 e. The quantitative estimate of drug-likeness (QED) is 0.796. The van der Waals surface area contributed by atoms with Crippen LogP contribution in [-0.4, -0.2) is 6.61 Å². The second kappa shape index (κ2) is 7.50. The van der Waals surface area contributed by atoms with Crippen molar-refractivity contribution in [2.75, 3.05) is 6.61 Å². The van der Waals surface area contributed by atoms with E-state index in [1.54, 1.807) is 6.26 Å². The first-order chi connectivity index (χ1) is 9.70. The molecule has 0 aliphatic rings. The molecule has 0 saturated carbocycles. The maximum Gasteiger partial charge on any atom is 0.123 e. The standard InChI is InChI=1S/C16H20BrNO2/c1-3-8-19-16-7-6-14(17)10-13(16)11-18-12(2)15-5-4-9-20-15/h4-7,9-10,12,18H,3,8,11H2,1-2H3/t12-/m1/s1. The van der Waals surface area contributed by atoms with Crippen molar-refractivity contribution >= 4 is 15.9 Å². The van der Waals surface area contributed by atoms with E-state index in [-0.39, 0.29) is 6.04 Å². The third kappa shape index (κ3) is 4.12. The minimum Gasteiger partial charge on any atom is -0.493 e. The highest BCUT2D eigenvalue weighted by molar-refractivity contribution is 9.10. The zero-order chi connectivity index (χ0) is 14.4. The molecule has 108 valence electrons. The maximum atomic E-state index is 5.78. The topological polar surface area (TPSA) is 34.4 Å². The summed E-state index contributed by atoms with van der Waals surface area (Å²) in [6, 6.07) is 10.2. The van der Waals surface area contributed by atoms with Gasteiger partial charge in [0.15, 0.2) is 0 Å². The molecule has 20 heavy (non-hydrogen) atoms. The van der Waals surface area contributed by atoms with Crippen molar-refractivity contribution in [3.8, 4) is 5.75 Å². The molecule has 3 nitrogen and oxygen atoms in total. The van der Waals surface area contributed by atoms with Crippen molar-refractivity contribution in [1.29, 1.82) is 0 Å². The van der Waals surface area contributed by atoms with E-state index in [1.807, 2.05) is 24.3 Å². The first kappa shape index (κ1) is 15.1. The fraction of sp³-hybridized carbons (Fsp3) is 0.375. The van der Waals surface area contributed by atoms with E-state index in [9.17, 15) is 0 Å². The van der Waals surface area contributed by atoms with Gasteiger partial charge in [0.25, 0.3) is 0 Å². The molecule has 2 aromatic rings. The molecule has 1 atom stereocenters. The van der Waals surface area contributed by atoms with Gasteiger partial charge in [0.05, 0.1) is 18.9 Å². The van der Waals surface area contributed by atoms with E-state index >= 15 is 0 Å². The van der Waals surface area contributed by atoms with Crippen LogP contribution in [0.15, 0.2) is 45.5 Å². The molecule has 4 heteroatoms. The van der Waals surface area contributed by atoms with Crippen molar-refractivity contribution < 1.29 is 9.15 Å². The SMILES string of the molecule is CCCOc1ccc(Br)cc1CN[C@H](C)c1ccco1. The summed E-state index contributed by atoms with van der Waals surface area (Å²) < 4.78 is 12.2. The van der Waals surface area contributed by atoms with Crippen LogP contribution in [0.3, 0.4) is 0 Å². The summed E-state index contributed by atoms with van der Waals surface area (Å²) in [5.74, 6) is 1.88. The number of hydrogen-bond acceptors (Lipinski definition) is 3. The maximum absolute atomic E-state index is 5.78. The molecule has 0 fully saturated rings. The number of hydrogen-bond donors (Lipinski definition) is 1. The van der Waals surface area contributed by atoms with Crippen LogP contribution in [0.1, 0.15) is 37.6 Å². The van der Waals surface area contributed by atoms with Crippen LogP contribution in [-0.2, 0) is 6.54 Å². The fourth-order valence-corrected chi connectivity index (χ4v) is 2.35. The van der Waals surface area contributed by atoms with Gasteiger partial charge in [0, 0.05) is 16.6 Å². The van der Waals surface area contributed by atoms with Gasteiger partial charge in [-0.2, -0.15) is 0 Å². The fourth-order valence-electron chi connectivity index (χ4n) is 1.94. The van der Waals surface area contributed by atoms with Gasteiger partial charge in [-0.3, -0.25) is 0 Å². The van der Waals surface area contributed by atoms with Crippen LogP contribution in [0.5, 0.6) is 5.75 Å². The molecule has 0 saturated heterocycles. The summed E-state index contributed by atoms with van der Waals surface area (Å²) in [6.45, 7) is 5.67. The third-order valence-corrected chi connectivity index (χ3v) is 3.55. The van der Waals surface area contributed by atoms with E-state index < -0.39 is 0 Å². The van der Waals surface area contributed by atoms with Gasteiger partial charge in [-0.15, -0.1) is 0 Å². The van der Waals surface area contributed by atoms with Crippen molar-refractivity contribution in [1.82, 2.24) is 5.32 Å². The van der Waals surface area contributed by atoms with Crippen LogP contribution in [0, 0.1) is 0 Å². The minimum absolute atomic E-state index is 0.169. The van der Waals surface area contributed by atoms with Gasteiger partial charge < -0.3 is 14.5 Å². The van der Waals surface area contributed by atoms with E-state index in [0.717, 1.165) is 41.1 Å². The lowest BCUT2D eigenvalue weighted by molar-refractivity contribution is 0.312. The molecule has 1 N–H and O–H groups in total. The first-order valence-electron chi connectivity index (χ1n) is 6.88. The molecule has 0 bridgehead atoms. The van der Waals surface area contributed by atoms with Gasteiger partial charge >= 0.3 is 0 Å². The number of benzene rings is 1. The second-order valence-electron chi connectivity index (χ2n) is 4.72. The van der Waals surface area contributed by atoms with Gasteiger partial charge in [0.1, 0.15) is 11.5 Å². The number of halogens is 1. The molecule has 0 unspecified atom stereocenters. The summed E-state index contributed by atoms with van der Waals surface area (Å²) >= 11 is 3.51. The Bertz CT molecular complexity index is 525. The zero-order valence-corrected chi connectivity index (χ0v) is 13.4. The average Bonchev–Trinajstić information content (AvgIpc) is 2.98. The van der Waals surface area contributed by atoms with Crippen molar-refractivity contribution in [2.24, 2.45) is 0 Å². The highest BCUT2D eigenvalue weighted by Crippen LogP contribution is 2.24. The van der Waals surface area contributed by atoms with Crippen molar-refractivity contribution in [2.45, 2.75) is 32.9 Å². The zero-order valence-electron chi connectivity index (χ0n) is 11.9. The highest BCUT2D eigenvalue weighted by Gasteiger charge is 2.10. The van der Waals surface area contributed by atoms with Gasteiger partial charge in [0.2, 0.25) is 0 Å². The molecular formula is C16H20BrNO2. The molecular weight excluding hydrogens is 318 g/mol. The van der Waals surface area contributed by atoms with Crippen LogP contribution in [0.4, 0.5) is 0 Å². The normalized spacial score (nSPS) is 12.3. The summed E-state index contributed by atoms with van der Waals surface area (Å²) in [4.78, 5) is 0. The smallest absolute Gasteiger partial charge is 0.123 e. The van der Waals surface area contributed by atoms with E-state index in [1.165, 1.54) is 0 Å². The number of rotatable bonds is 7. The summed E-state index contributed by atoms with van der Waals surface area (Å²) in [7, 11) is 0. The highest BCUT2D eigenvalue weighted by atomic mass is 79.9. The third-order valence-electron chi connectivity index (χ3n) is 3.05. The Hall–Kier alpha value is -1.26. The predicted octanol–water partition coefficient (Wildman–Crippen LogP) is 4.68. The molecule has 0 radical (unpaired) electrons. The Kier molecular flexibility index (Phi) is 5.68. The Morgan fingerprint density at radius 1 is 1.35 bits per heavy atom. The monoisotopic (exact) mass is 337 g/mol. The molecule has 0 amide bonds. The summed E-state index contributed by atoms with van der Waals surface area (Å²) in [6.07, 6.45) is 2.70. The summed E-state index contributed by atoms with van der Waals surface area (Å²) in [5.41, 5.74) is 1.14. The van der Waals surface area contributed by atoms with Gasteiger partial charge in [-0.1, -0.05) is 22.9 Å². The Labute approximate surface area is 128 Å². The van der Waals surface area contributed by atoms with Crippen LogP contribution < -0.4 is 10.1 Å². The minimum atomic E-state index is 0.169. The Morgan fingerprint density at radius 2 is 2.20 bits per heavy atom. The molecule has 1 aromatic heterocycles. The lowest BCUT2D eigenvalue weighted by Gasteiger charge is -2.15. The number of furan rings is 1. The lowest BCUT2D eigenvalue weighted by Crippen LogP contribution is -2.18. The molecule has 1 aromatic carbocycles. The van der Waals surface area contributed by atoms with Gasteiger partial charge in [-0.05, 0) is 43.7 Å². The second-order valence-corrected chi connectivity index (χ2v) is 5.63. The average molecular weight is 338 g/mol. The van der Waals surface area contributed by atoms with E-state index in [4.69, 9.17) is 9.15 Å². The molecule has 0 aliphatic heterocycles. The van der Waals surface area contributed by atoms with Gasteiger partial charge in [-0.25, -0.2) is 0 Å². The Morgan fingerprint density at radius 3 is 2.90 bits per heavy atom. The van der Waals surface area contributed by atoms with Crippen LogP contribution >= 0.6 is 15.9 Å².